The number of hydrogen-bond acceptors (Lipinski definition) is 4. The maximum atomic E-state index is 11.7. The van der Waals surface area contributed by atoms with Crippen LogP contribution in [-0.2, 0) is 4.79 Å². The third-order valence-electron chi connectivity index (χ3n) is 2.62. The Labute approximate surface area is 116 Å². The maximum Gasteiger partial charge on any atom is 0.226 e. The molecule has 0 saturated carbocycles. The molecule has 0 radical (unpaired) electrons. The molecule has 5 heteroatoms. The second-order valence-electron chi connectivity index (χ2n) is 4.84. The van der Waals surface area contributed by atoms with Crippen LogP contribution in [-0.4, -0.2) is 49.7 Å². The van der Waals surface area contributed by atoms with E-state index in [1.54, 1.807) is 6.08 Å². The van der Waals surface area contributed by atoms with Gasteiger partial charge in [-0.25, -0.2) is 0 Å². The summed E-state index contributed by atoms with van der Waals surface area (Å²) in [4.78, 5) is 13.8. The van der Waals surface area contributed by atoms with Gasteiger partial charge in [0.2, 0.25) is 5.91 Å². The van der Waals surface area contributed by atoms with Crippen LogP contribution in [0.15, 0.2) is 23.9 Å². The smallest absolute Gasteiger partial charge is 0.226 e. The fraction of sp³-hybridized carbons (Fsp3) is 0.643. The number of rotatable bonds is 9. The van der Waals surface area contributed by atoms with Gasteiger partial charge in [-0.3, -0.25) is 4.79 Å². The second kappa shape index (κ2) is 10.6. The van der Waals surface area contributed by atoms with Gasteiger partial charge in [0.25, 0.3) is 0 Å². The summed E-state index contributed by atoms with van der Waals surface area (Å²) in [5, 5.41) is 11.6. The molecule has 0 aromatic carbocycles. The van der Waals surface area contributed by atoms with Gasteiger partial charge in [0, 0.05) is 12.2 Å². The van der Waals surface area contributed by atoms with Crippen LogP contribution >= 0.6 is 0 Å². The molecule has 0 aliphatic rings. The van der Waals surface area contributed by atoms with Gasteiger partial charge in [0.1, 0.15) is 0 Å². The van der Waals surface area contributed by atoms with Crippen LogP contribution in [0.5, 0.6) is 0 Å². The highest BCUT2D eigenvalue weighted by Crippen LogP contribution is 2.00. The van der Waals surface area contributed by atoms with E-state index < -0.39 is 0 Å². The van der Waals surface area contributed by atoms with E-state index >= 15 is 0 Å². The van der Waals surface area contributed by atoms with Crippen molar-refractivity contribution in [1.82, 2.24) is 10.2 Å². The van der Waals surface area contributed by atoms with Gasteiger partial charge in [-0.15, -0.1) is 0 Å². The standard InChI is InChI=1S/C14H27N3O2/c1-12(7-4-5-8-13(15)11-18)14(19)16-9-6-10-17(2)3/h4,7-8,12,18H,5-6,9-11,15H2,1-3H3,(H,16,19)/b7-4-,13-8?. The number of aliphatic hydroxyl groups excluding tert-OH is 1. The fourth-order valence-electron chi connectivity index (χ4n) is 1.42. The molecule has 0 bridgehead atoms. The zero-order valence-corrected chi connectivity index (χ0v) is 12.2. The zero-order chi connectivity index (χ0) is 14.7. The summed E-state index contributed by atoms with van der Waals surface area (Å²) in [5.41, 5.74) is 5.90. The van der Waals surface area contributed by atoms with E-state index in [4.69, 9.17) is 10.8 Å². The molecule has 5 nitrogen and oxygen atoms in total. The molecule has 0 saturated heterocycles. The number of nitrogens with one attached hydrogen (secondary N) is 1. The molecular formula is C14H27N3O2. The summed E-state index contributed by atoms with van der Waals surface area (Å²) in [6, 6.07) is 0. The number of carbonyl (C=O) groups excluding carboxylic acids is 1. The summed E-state index contributed by atoms with van der Waals surface area (Å²) in [7, 11) is 4.03. The Hall–Kier alpha value is -1.33. The molecule has 19 heavy (non-hydrogen) atoms. The number of hydrogen-bond donors (Lipinski definition) is 3. The Bertz CT molecular complexity index is 312. The van der Waals surface area contributed by atoms with Crippen LogP contribution < -0.4 is 11.1 Å². The van der Waals surface area contributed by atoms with Crippen molar-refractivity contribution in [3.63, 3.8) is 0 Å². The number of allylic oxidation sites excluding steroid dienone is 2. The van der Waals surface area contributed by atoms with Gasteiger partial charge in [0.05, 0.1) is 12.5 Å². The average molecular weight is 269 g/mol. The first-order valence-electron chi connectivity index (χ1n) is 6.61. The summed E-state index contributed by atoms with van der Waals surface area (Å²) in [5.74, 6) is -0.114. The van der Waals surface area contributed by atoms with Gasteiger partial charge in [-0.05, 0) is 33.5 Å². The van der Waals surface area contributed by atoms with E-state index in [0.717, 1.165) is 13.0 Å². The predicted octanol–water partition coefficient (Wildman–Crippen LogP) is 0.472. The number of nitrogens with zero attached hydrogens (tertiary/aromatic N) is 1. The van der Waals surface area contributed by atoms with Crippen molar-refractivity contribution in [1.29, 1.82) is 0 Å². The van der Waals surface area contributed by atoms with Crippen LogP contribution in [0, 0.1) is 5.92 Å². The molecule has 1 amide bonds. The Morgan fingerprint density at radius 1 is 1.47 bits per heavy atom. The van der Waals surface area contributed by atoms with E-state index in [1.807, 2.05) is 33.2 Å². The van der Waals surface area contributed by atoms with Gasteiger partial charge in [-0.1, -0.05) is 25.2 Å². The van der Waals surface area contributed by atoms with Gasteiger partial charge < -0.3 is 21.1 Å². The van der Waals surface area contributed by atoms with Gasteiger partial charge >= 0.3 is 0 Å². The largest absolute Gasteiger partial charge is 0.400 e. The Morgan fingerprint density at radius 3 is 2.74 bits per heavy atom. The summed E-state index contributed by atoms with van der Waals surface area (Å²) in [6.45, 7) is 3.40. The Kier molecular flexibility index (Phi) is 9.84. The first-order chi connectivity index (χ1) is 8.97. The molecule has 1 unspecified atom stereocenters. The zero-order valence-electron chi connectivity index (χ0n) is 12.2. The monoisotopic (exact) mass is 269 g/mol. The lowest BCUT2D eigenvalue weighted by molar-refractivity contribution is -0.123. The molecule has 0 heterocycles. The van der Waals surface area contributed by atoms with Crippen LogP contribution in [0.1, 0.15) is 19.8 Å². The lowest BCUT2D eigenvalue weighted by atomic mass is 10.1. The highest BCUT2D eigenvalue weighted by molar-refractivity contribution is 5.79. The lowest BCUT2D eigenvalue weighted by Gasteiger charge is -2.11. The number of aliphatic hydroxyl groups is 1. The molecule has 0 rings (SSSR count). The molecule has 4 N–H and O–H groups in total. The fourth-order valence-corrected chi connectivity index (χ4v) is 1.42. The molecule has 0 fully saturated rings. The van der Waals surface area contributed by atoms with Crippen molar-refractivity contribution in [3.05, 3.63) is 23.9 Å². The van der Waals surface area contributed by atoms with Crippen LogP contribution in [0.4, 0.5) is 0 Å². The van der Waals surface area contributed by atoms with E-state index in [9.17, 15) is 4.79 Å². The average Bonchev–Trinajstić information content (AvgIpc) is 2.38. The van der Waals surface area contributed by atoms with Crippen molar-refractivity contribution >= 4 is 5.91 Å². The minimum atomic E-state index is -0.150. The van der Waals surface area contributed by atoms with Crippen molar-refractivity contribution in [2.75, 3.05) is 33.8 Å². The Balaban J connectivity index is 3.84. The Morgan fingerprint density at radius 2 is 2.16 bits per heavy atom. The van der Waals surface area contributed by atoms with Crippen molar-refractivity contribution in [3.8, 4) is 0 Å². The van der Waals surface area contributed by atoms with E-state index in [-0.39, 0.29) is 18.4 Å². The number of carbonyl (C=O) groups is 1. The molecular weight excluding hydrogens is 242 g/mol. The summed E-state index contributed by atoms with van der Waals surface area (Å²) < 4.78 is 0. The topological polar surface area (TPSA) is 78.6 Å². The van der Waals surface area contributed by atoms with Crippen LogP contribution in [0.3, 0.4) is 0 Å². The van der Waals surface area contributed by atoms with E-state index in [2.05, 4.69) is 10.2 Å². The third-order valence-corrected chi connectivity index (χ3v) is 2.62. The lowest BCUT2D eigenvalue weighted by Crippen LogP contribution is -2.30. The minimum absolute atomic E-state index is 0.0362. The first kappa shape index (κ1) is 17.7. The maximum absolute atomic E-state index is 11.7. The number of amides is 1. The highest BCUT2D eigenvalue weighted by atomic mass is 16.3. The normalized spacial score (nSPS) is 14.1. The summed E-state index contributed by atoms with van der Waals surface area (Å²) in [6.07, 6.45) is 7.04. The molecule has 110 valence electrons. The molecule has 0 aromatic heterocycles. The molecule has 0 aromatic rings. The predicted molar refractivity (Wildman–Crippen MR) is 78.5 cm³/mol. The highest BCUT2D eigenvalue weighted by Gasteiger charge is 2.07. The van der Waals surface area contributed by atoms with Gasteiger partial charge in [0.15, 0.2) is 0 Å². The second-order valence-corrected chi connectivity index (χ2v) is 4.84. The molecule has 1 atom stereocenters. The third kappa shape index (κ3) is 10.3. The van der Waals surface area contributed by atoms with Gasteiger partial charge in [-0.2, -0.15) is 0 Å². The summed E-state index contributed by atoms with van der Waals surface area (Å²) >= 11 is 0. The molecule has 0 spiro atoms. The quantitative estimate of drug-likeness (QED) is 0.420. The van der Waals surface area contributed by atoms with E-state index in [0.29, 0.717) is 18.7 Å². The SMILES string of the molecule is CC(/C=C\CC=C(N)CO)C(=O)NCCCN(C)C. The minimum Gasteiger partial charge on any atom is -0.400 e. The van der Waals surface area contributed by atoms with Crippen molar-refractivity contribution in [2.45, 2.75) is 19.8 Å². The first-order valence-corrected chi connectivity index (χ1v) is 6.61. The van der Waals surface area contributed by atoms with Crippen molar-refractivity contribution in [2.24, 2.45) is 11.7 Å². The molecule has 0 aliphatic heterocycles. The number of nitrogens with two attached hydrogens (primary N) is 1. The van der Waals surface area contributed by atoms with Crippen LogP contribution in [0.2, 0.25) is 0 Å². The van der Waals surface area contributed by atoms with Crippen molar-refractivity contribution < 1.29 is 9.90 Å². The van der Waals surface area contributed by atoms with E-state index in [1.165, 1.54) is 0 Å². The van der Waals surface area contributed by atoms with Crippen LogP contribution in [0.25, 0.3) is 0 Å². The molecule has 0 aliphatic carbocycles.